The first-order valence-electron chi connectivity index (χ1n) is 9.12. The Labute approximate surface area is 149 Å². The predicted octanol–water partition coefficient (Wildman–Crippen LogP) is 4.36. The monoisotopic (exact) mass is 338 g/mol. The zero-order valence-corrected chi connectivity index (χ0v) is 15.0. The van der Waals surface area contributed by atoms with E-state index in [1.807, 2.05) is 23.1 Å². The Kier molecular flexibility index (Phi) is 5.64. The van der Waals surface area contributed by atoms with Gasteiger partial charge in [-0.15, -0.1) is 0 Å². The zero-order chi connectivity index (χ0) is 17.6. The van der Waals surface area contributed by atoms with Crippen molar-refractivity contribution < 1.29 is 4.79 Å². The molecule has 0 unspecified atom stereocenters. The molecule has 1 amide bonds. The van der Waals surface area contributed by atoms with Crippen molar-refractivity contribution in [3.63, 3.8) is 0 Å². The van der Waals surface area contributed by atoms with Gasteiger partial charge in [-0.1, -0.05) is 44.9 Å². The van der Waals surface area contributed by atoms with Crippen LogP contribution in [0.3, 0.4) is 0 Å². The maximum absolute atomic E-state index is 12.7. The van der Waals surface area contributed by atoms with E-state index >= 15 is 0 Å². The minimum atomic E-state index is 0.00416. The summed E-state index contributed by atoms with van der Waals surface area (Å²) in [6.45, 7) is 5.97. The summed E-state index contributed by atoms with van der Waals surface area (Å²) in [5, 5.41) is 3.34. The van der Waals surface area contributed by atoms with Gasteiger partial charge in [-0.3, -0.25) is 4.79 Å². The summed E-state index contributed by atoms with van der Waals surface area (Å²) in [5.74, 6) is 1.06. The number of benzene rings is 1. The Balaban J connectivity index is 1.79. The predicted molar refractivity (Wildman–Crippen MR) is 100 cm³/mol. The molecule has 1 aromatic heterocycles. The molecule has 132 valence electrons. The van der Waals surface area contributed by atoms with Crippen molar-refractivity contribution in [2.75, 3.05) is 18.4 Å². The molecule has 5 nitrogen and oxygen atoms in total. The maximum atomic E-state index is 12.7. The quantitative estimate of drug-likeness (QED) is 0.900. The molecule has 0 atom stereocenters. The summed E-state index contributed by atoms with van der Waals surface area (Å²) < 4.78 is 0. The lowest BCUT2D eigenvalue weighted by molar-refractivity contribution is 0.0755. The number of amides is 1. The summed E-state index contributed by atoms with van der Waals surface area (Å²) in [7, 11) is 0. The van der Waals surface area contributed by atoms with Crippen LogP contribution in [-0.4, -0.2) is 33.9 Å². The average molecular weight is 338 g/mol. The van der Waals surface area contributed by atoms with Gasteiger partial charge in [0.05, 0.1) is 0 Å². The first kappa shape index (κ1) is 17.4. The second kappa shape index (κ2) is 8.10. The summed E-state index contributed by atoms with van der Waals surface area (Å²) in [6, 6.07) is 9.93. The highest BCUT2D eigenvalue weighted by atomic mass is 16.2. The standard InChI is InChI=1S/C20H26N4O/c1-15(2)16-9-5-6-10-17(16)23-19-13-18(21-14-22-19)20(25)24-11-7-3-4-8-12-24/h5-6,9-10,13-15H,3-4,7-8,11-12H2,1-2H3,(H,21,22,23). The fraction of sp³-hybridized carbons (Fsp3) is 0.450. The molecular weight excluding hydrogens is 312 g/mol. The molecule has 1 fully saturated rings. The number of nitrogens with zero attached hydrogens (tertiary/aromatic N) is 3. The number of carbonyl (C=O) groups is 1. The number of hydrogen-bond acceptors (Lipinski definition) is 4. The topological polar surface area (TPSA) is 58.1 Å². The van der Waals surface area contributed by atoms with Crippen molar-refractivity contribution in [1.82, 2.24) is 14.9 Å². The molecule has 1 N–H and O–H groups in total. The Morgan fingerprint density at radius 2 is 1.80 bits per heavy atom. The third-order valence-corrected chi connectivity index (χ3v) is 4.63. The van der Waals surface area contributed by atoms with E-state index in [9.17, 15) is 4.79 Å². The Hall–Kier alpha value is -2.43. The minimum Gasteiger partial charge on any atom is -0.340 e. The van der Waals surface area contributed by atoms with Crippen LogP contribution in [0.4, 0.5) is 11.5 Å². The Morgan fingerprint density at radius 1 is 1.08 bits per heavy atom. The van der Waals surface area contributed by atoms with Crippen LogP contribution in [-0.2, 0) is 0 Å². The van der Waals surface area contributed by atoms with E-state index in [0.29, 0.717) is 17.4 Å². The van der Waals surface area contributed by atoms with Crippen LogP contribution in [0.25, 0.3) is 0 Å². The largest absolute Gasteiger partial charge is 0.340 e. The smallest absolute Gasteiger partial charge is 0.272 e. The van der Waals surface area contributed by atoms with Crippen molar-refractivity contribution in [3.05, 3.63) is 47.9 Å². The molecule has 1 aliphatic heterocycles. The van der Waals surface area contributed by atoms with Gasteiger partial charge in [0.2, 0.25) is 0 Å². The molecule has 3 rings (SSSR count). The molecule has 0 aliphatic carbocycles. The summed E-state index contributed by atoms with van der Waals surface area (Å²) in [6.07, 6.45) is 6.01. The highest BCUT2D eigenvalue weighted by molar-refractivity contribution is 5.93. The van der Waals surface area contributed by atoms with Crippen molar-refractivity contribution in [3.8, 4) is 0 Å². The van der Waals surface area contributed by atoms with E-state index in [4.69, 9.17) is 0 Å². The molecule has 2 heterocycles. The van der Waals surface area contributed by atoms with Gasteiger partial charge in [0.1, 0.15) is 17.8 Å². The van der Waals surface area contributed by atoms with Crippen LogP contribution in [0.2, 0.25) is 0 Å². The fourth-order valence-electron chi connectivity index (χ4n) is 3.23. The van der Waals surface area contributed by atoms with Crippen molar-refractivity contribution >= 4 is 17.4 Å². The normalized spacial score (nSPS) is 15.1. The molecule has 0 spiro atoms. The molecule has 2 aromatic rings. The molecule has 1 saturated heterocycles. The van der Waals surface area contributed by atoms with E-state index in [1.54, 1.807) is 6.07 Å². The van der Waals surface area contributed by atoms with Crippen LogP contribution < -0.4 is 5.32 Å². The molecular formula is C20H26N4O. The molecule has 0 bridgehead atoms. The third kappa shape index (κ3) is 4.35. The number of likely N-dealkylation sites (tertiary alicyclic amines) is 1. The van der Waals surface area contributed by atoms with Gasteiger partial charge in [-0.05, 0) is 30.4 Å². The average Bonchev–Trinajstić information content (AvgIpc) is 2.91. The first-order chi connectivity index (χ1) is 12.1. The Morgan fingerprint density at radius 3 is 2.52 bits per heavy atom. The highest BCUT2D eigenvalue weighted by Gasteiger charge is 2.19. The number of aromatic nitrogens is 2. The van der Waals surface area contributed by atoms with Gasteiger partial charge in [0.15, 0.2) is 0 Å². The van der Waals surface area contributed by atoms with E-state index in [2.05, 4.69) is 35.2 Å². The SMILES string of the molecule is CC(C)c1ccccc1Nc1cc(C(=O)N2CCCCCC2)ncn1. The van der Waals surface area contributed by atoms with E-state index < -0.39 is 0 Å². The van der Waals surface area contributed by atoms with Crippen LogP contribution in [0.1, 0.15) is 61.5 Å². The van der Waals surface area contributed by atoms with Gasteiger partial charge < -0.3 is 10.2 Å². The minimum absolute atomic E-state index is 0.00416. The van der Waals surface area contributed by atoms with Crippen LogP contribution in [0.5, 0.6) is 0 Å². The zero-order valence-electron chi connectivity index (χ0n) is 15.0. The fourth-order valence-corrected chi connectivity index (χ4v) is 3.23. The lowest BCUT2D eigenvalue weighted by atomic mass is 10.0. The van der Waals surface area contributed by atoms with Gasteiger partial charge in [0.25, 0.3) is 5.91 Å². The van der Waals surface area contributed by atoms with Gasteiger partial charge in [-0.2, -0.15) is 0 Å². The van der Waals surface area contributed by atoms with E-state index in [-0.39, 0.29) is 5.91 Å². The van der Waals surface area contributed by atoms with Crippen LogP contribution >= 0.6 is 0 Å². The van der Waals surface area contributed by atoms with E-state index in [0.717, 1.165) is 31.6 Å². The second-order valence-electron chi connectivity index (χ2n) is 6.86. The van der Waals surface area contributed by atoms with Crippen LogP contribution in [0, 0.1) is 0 Å². The second-order valence-corrected chi connectivity index (χ2v) is 6.86. The summed E-state index contributed by atoms with van der Waals surface area (Å²) in [4.78, 5) is 23.1. The number of anilines is 2. The number of para-hydroxylation sites is 1. The molecule has 1 aliphatic rings. The summed E-state index contributed by atoms with van der Waals surface area (Å²) >= 11 is 0. The third-order valence-electron chi connectivity index (χ3n) is 4.63. The van der Waals surface area contributed by atoms with Crippen LogP contribution in [0.15, 0.2) is 36.7 Å². The van der Waals surface area contributed by atoms with Crippen molar-refractivity contribution in [1.29, 1.82) is 0 Å². The highest BCUT2D eigenvalue weighted by Crippen LogP contribution is 2.26. The van der Waals surface area contributed by atoms with Gasteiger partial charge in [-0.25, -0.2) is 9.97 Å². The lowest BCUT2D eigenvalue weighted by Crippen LogP contribution is -2.32. The number of hydrogen-bond donors (Lipinski definition) is 1. The van der Waals surface area contributed by atoms with E-state index in [1.165, 1.54) is 24.7 Å². The molecule has 25 heavy (non-hydrogen) atoms. The van der Waals surface area contributed by atoms with Gasteiger partial charge >= 0.3 is 0 Å². The molecule has 5 heteroatoms. The van der Waals surface area contributed by atoms with Gasteiger partial charge in [0, 0.05) is 24.8 Å². The number of nitrogens with one attached hydrogen (secondary N) is 1. The first-order valence-corrected chi connectivity index (χ1v) is 9.12. The Bertz CT molecular complexity index is 721. The molecule has 1 aromatic carbocycles. The van der Waals surface area contributed by atoms with Crippen molar-refractivity contribution in [2.24, 2.45) is 0 Å². The van der Waals surface area contributed by atoms with Crippen molar-refractivity contribution in [2.45, 2.75) is 45.4 Å². The lowest BCUT2D eigenvalue weighted by Gasteiger charge is -2.20. The number of carbonyl (C=O) groups excluding carboxylic acids is 1. The number of rotatable bonds is 4. The molecule has 0 radical (unpaired) electrons. The summed E-state index contributed by atoms with van der Waals surface area (Å²) in [5.41, 5.74) is 2.70. The molecule has 0 saturated carbocycles. The maximum Gasteiger partial charge on any atom is 0.272 e.